The van der Waals surface area contributed by atoms with Crippen LogP contribution in [0.1, 0.15) is 30.6 Å². The van der Waals surface area contributed by atoms with E-state index in [0.717, 1.165) is 11.8 Å². The molecule has 0 aliphatic carbocycles. The molecular weight excluding hydrogens is 365 g/mol. The lowest BCUT2D eigenvalue weighted by Crippen LogP contribution is -2.34. The standard InChI is InChI=1S/C13H16Br2FNO/c1-13(2,5-6-14)8-17-12(18)10-7-9(16)3-4-11(10)15/h3-4,7H,5-6,8H2,1-2H3,(H,17,18). The molecule has 0 aliphatic rings. The largest absolute Gasteiger partial charge is 0.351 e. The van der Waals surface area contributed by atoms with Crippen LogP contribution < -0.4 is 5.32 Å². The number of carbonyl (C=O) groups is 1. The molecule has 5 heteroatoms. The molecule has 0 unspecified atom stereocenters. The third-order valence-electron chi connectivity index (χ3n) is 2.67. The van der Waals surface area contributed by atoms with E-state index in [-0.39, 0.29) is 11.3 Å². The molecule has 18 heavy (non-hydrogen) atoms. The van der Waals surface area contributed by atoms with Gasteiger partial charge in [0.1, 0.15) is 5.82 Å². The molecule has 0 bridgehead atoms. The third-order valence-corrected chi connectivity index (χ3v) is 3.76. The van der Waals surface area contributed by atoms with Gasteiger partial charge in [-0.05, 0) is 46.0 Å². The van der Waals surface area contributed by atoms with Crippen LogP contribution in [0.4, 0.5) is 4.39 Å². The van der Waals surface area contributed by atoms with Gasteiger partial charge in [-0.2, -0.15) is 0 Å². The van der Waals surface area contributed by atoms with Crippen LogP contribution in [0.25, 0.3) is 0 Å². The number of amides is 1. The predicted octanol–water partition coefficient (Wildman–Crippen LogP) is 4.13. The van der Waals surface area contributed by atoms with Gasteiger partial charge in [-0.25, -0.2) is 4.39 Å². The third kappa shape index (κ3) is 4.69. The molecule has 0 saturated heterocycles. The van der Waals surface area contributed by atoms with E-state index in [4.69, 9.17) is 0 Å². The highest BCUT2D eigenvalue weighted by Crippen LogP contribution is 2.21. The Bertz CT molecular complexity index is 435. The van der Waals surface area contributed by atoms with Crippen molar-refractivity contribution >= 4 is 37.8 Å². The zero-order chi connectivity index (χ0) is 13.8. The molecular formula is C13H16Br2FNO. The van der Waals surface area contributed by atoms with E-state index in [1.807, 2.05) is 0 Å². The number of hydrogen-bond donors (Lipinski definition) is 1. The van der Waals surface area contributed by atoms with Crippen molar-refractivity contribution < 1.29 is 9.18 Å². The van der Waals surface area contributed by atoms with E-state index >= 15 is 0 Å². The minimum absolute atomic E-state index is 0.0129. The number of nitrogens with one attached hydrogen (secondary N) is 1. The van der Waals surface area contributed by atoms with Gasteiger partial charge >= 0.3 is 0 Å². The van der Waals surface area contributed by atoms with Crippen LogP contribution in [0.5, 0.6) is 0 Å². The Morgan fingerprint density at radius 2 is 2.11 bits per heavy atom. The molecule has 2 nitrogen and oxygen atoms in total. The molecule has 1 rings (SSSR count). The van der Waals surface area contributed by atoms with Gasteiger partial charge in [-0.1, -0.05) is 29.8 Å². The second-order valence-electron chi connectivity index (χ2n) is 4.91. The Labute approximate surface area is 124 Å². The molecule has 1 aromatic rings. The maximum Gasteiger partial charge on any atom is 0.252 e. The second kappa shape index (κ2) is 6.66. The van der Waals surface area contributed by atoms with Crippen LogP contribution in [-0.2, 0) is 0 Å². The Kier molecular flexibility index (Phi) is 5.79. The van der Waals surface area contributed by atoms with Crippen molar-refractivity contribution in [2.24, 2.45) is 5.41 Å². The van der Waals surface area contributed by atoms with E-state index < -0.39 is 5.82 Å². The molecule has 1 amide bonds. The van der Waals surface area contributed by atoms with E-state index in [2.05, 4.69) is 51.0 Å². The summed E-state index contributed by atoms with van der Waals surface area (Å²) in [5.41, 5.74) is 0.337. The number of alkyl halides is 1. The minimum Gasteiger partial charge on any atom is -0.351 e. The molecule has 1 aromatic carbocycles. The number of hydrogen-bond acceptors (Lipinski definition) is 1. The SMILES string of the molecule is CC(C)(CCBr)CNC(=O)c1cc(F)ccc1Br. The first-order chi connectivity index (χ1) is 8.35. The van der Waals surface area contributed by atoms with Gasteiger partial charge in [-0.15, -0.1) is 0 Å². The summed E-state index contributed by atoms with van der Waals surface area (Å²) in [5, 5.41) is 3.72. The van der Waals surface area contributed by atoms with Gasteiger partial charge in [0.2, 0.25) is 0 Å². The fraction of sp³-hybridized carbons (Fsp3) is 0.462. The monoisotopic (exact) mass is 379 g/mol. The summed E-state index contributed by atoms with van der Waals surface area (Å²) in [6.07, 6.45) is 0.956. The normalized spacial score (nSPS) is 11.4. The van der Waals surface area contributed by atoms with Crippen LogP contribution in [0.15, 0.2) is 22.7 Å². The first kappa shape index (κ1) is 15.6. The molecule has 1 N–H and O–H groups in total. The number of carbonyl (C=O) groups excluding carboxylic acids is 1. The van der Waals surface area contributed by atoms with Crippen molar-refractivity contribution in [3.8, 4) is 0 Å². The maximum atomic E-state index is 13.1. The van der Waals surface area contributed by atoms with E-state index in [0.29, 0.717) is 16.6 Å². The van der Waals surface area contributed by atoms with Crippen molar-refractivity contribution in [1.29, 1.82) is 0 Å². The summed E-state index contributed by atoms with van der Waals surface area (Å²) >= 11 is 6.64. The van der Waals surface area contributed by atoms with Gasteiger partial charge in [0, 0.05) is 16.3 Å². The molecule has 0 spiro atoms. The average Bonchev–Trinajstić information content (AvgIpc) is 2.29. The quantitative estimate of drug-likeness (QED) is 0.764. The Morgan fingerprint density at radius 3 is 2.72 bits per heavy atom. The molecule has 0 heterocycles. The van der Waals surface area contributed by atoms with Crippen LogP contribution in [-0.4, -0.2) is 17.8 Å². The zero-order valence-electron chi connectivity index (χ0n) is 10.4. The van der Waals surface area contributed by atoms with Crippen LogP contribution in [0.3, 0.4) is 0 Å². The van der Waals surface area contributed by atoms with E-state index in [1.165, 1.54) is 18.2 Å². The van der Waals surface area contributed by atoms with Gasteiger partial charge < -0.3 is 5.32 Å². The van der Waals surface area contributed by atoms with Crippen molar-refractivity contribution in [1.82, 2.24) is 5.32 Å². The highest BCUT2D eigenvalue weighted by Gasteiger charge is 2.19. The molecule has 0 aromatic heterocycles. The number of benzene rings is 1. The Morgan fingerprint density at radius 1 is 1.44 bits per heavy atom. The summed E-state index contributed by atoms with van der Waals surface area (Å²) < 4.78 is 13.7. The fourth-order valence-electron chi connectivity index (χ4n) is 1.43. The molecule has 0 fully saturated rings. The molecule has 100 valence electrons. The van der Waals surface area contributed by atoms with E-state index in [1.54, 1.807) is 0 Å². The first-order valence-corrected chi connectivity index (χ1v) is 7.56. The minimum atomic E-state index is -0.414. The number of halogens is 3. The molecule has 0 atom stereocenters. The topological polar surface area (TPSA) is 29.1 Å². The van der Waals surface area contributed by atoms with Gasteiger partial charge in [-0.3, -0.25) is 4.79 Å². The summed E-state index contributed by atoms with van der Waals surface area (Å²) in [7, 11) is 0. The van der Waals surface area contributed by atoms with Gasteiger partial charge in [0.15, 0.2) is 0 Å². The Balaban J connectivity index is 2.69. The fourth-order valence-corrected chi connectivity index (χ4v) is 2.93. The highest BCUT2D eigenvalue weighted by atomic mass is 79.9. The first-order valence-electron chi connectivity index (χ1n) is 5.65. The van der Waals surface area contributed by atoms with Crippen LogP contribution in [0.2, 0.25) is 0 Å². The smallest absolute Gasteiger partial charge is 0.252 e. The predicted molar refractivity (Wildman–Crippen MR) is 78.6 cm³/mol. The Hall–Kier alpha value is -0.420. The second-order valence-corrected chi connectivity index (χ2v) is 6.56. The molecule has 0 aliphatic heterocycles. The van der Waals surface area contributed by atoms with Crippen LogP contribution >= 0.6 is 31.9 Å². The highest BCUT2D eigenvalue weighted by molar-refractivity contribution is 9.10. The lowest BCUT2D eigenvalue weighted by Gasteiger charge is -2.24. The summed E-state index contributed by atoms with van der Waals surface area (Å²) in [4.78, 5) is 11.9. The zero-order valence-corrected chi connectivity index (χ0v) is 13.6. The lowest BCUT2D eigenvalue weighted by molar-refractivity contribution is 0.0934. The number of rotatable bonds is 5. The lowest BCUT2D eigenvalue weighted by atomic mass is 9.90. The average molecular weight is 381 g/mol. The van der Waals surface area contributed by atoms with Gasteiger partial charge in [0.05, 0.1) is 5.56 Å². The summed E-state index contributed by atoms with van der Waals surface area (Å²) in [6.45, 7) is 4.71. The van der Waals surface area contributed by atoms with Crippen molar-refractivity contribution in [3.05, 3.63) is 34.1 Å². The van der Waals surface area contributed by atoms with E-state index in [9.17, 15) is 9.18 Å². The van der Waals surface area contributed by atoms with Crippen molar-refractivity contribution in [2.45, 2.75) is 20.3 Å². The van der Waals surface area contributed by atoms with Crippen LogP contribution in [0, 0.1) is 11.2 Å². The van der Waals surface area contributed by atoms with Crippen molar-refractivity contribution in [3.63, 3.8) is 0 Å². The molecule has 0 radical (unpaired) electrons. The van der Waals surface area contributed by atoms with Crippen molar-refractivity contribution in [2.75, 3.05) is 11.9 Å². The summed E-state index contributed by atoms with van der Waals surface area (Å²) in [6, 6.07) is 4.08. The maximum absolute atomic E-state index is 13.1. The molecule has 0 saturated carbocycles. The van der Waals surface area contributed by atoms with Gasteiger partial charge in [0.25, 0.3) is 5.91 Å². The summed E-state index contributed by atoms with van der Waals surface area (Å²) in [5.74, 6) is -0.674.